The third-order valence-corrected chi connectivity index (χ3v) is 3.66. The molecule has 0 aromatic heterocycles. The molecule has 0 aliphatic rings. The molecule has 1 unspecified atom stereocenters. The smallest absolute Gasteiger partial charge is 0.306 e. The van der Waals surface area contributed by atoms with Crippen LogP contribution in [0.4, 0.5) is 0 Å². The maximum Gasteiger partial charge on any atom is 0.306 e. The third-order valence-electron chi connectivity index (χ3n) is 3.66. The van der Waals surface area contributed by atoms with E-state index in [2.05, 4.69) is 45.0 Å². The lowest BCUT2D eigenvalue weighted by Crippen LogP contribution is -2.34. The molecule has 0 radical (unpaired) electrons. The lowest BCUT2D eigenvalue weighted by Gasteiger charge is -2.28. The van der Waals surface area contributed by atoms with Crippen LogP contribution in [0.15, 0.2) is 24.3 Å². The number of carbonyl (C=O) groups excluding carboxylic acids is 1. The van der Waals surface area contributed by atoms with Gasteiger partial charge in [-0.2, -0.15) is 0 Å². The number of rotatable bonds is 4. The van der Waals surface area contributed by atoms with Gasteiger partial charge in [0.15, 0.2) is 0 Å². The highest BCUT2D eigenvalue weighted by Gasteiger charge is 2.29. The number of ether oxygens (including phenoxy) is 1. The Labute approximate surface area is 116 Å². The van der Waals surface area contributed by atoms with E-state index in [4.69, 9.17) is 10.5 Å². The quantitative estimate of drug-likeness (QED) is 0.850. The van der Waals surface area contributed by atoms with Crippen LogP contribution in [0.5, 0.6) is 0 Å². The van der Waals surface area contributed by atoms with Gasteiger partial charge in [0, 0.05) is 12.0 Å². The van der Waals surface area contributed by atoms with Crippen LogP contribution in [0, 0.1) is 0 Å². The molecule has 2 N–H and O–H groups in total. The summed E-state index contributed by atoms with van der Waals surface area (Å²) in [5.74, 6) is -0.229. The first-order valence-electron chi connectivity index (χ1n) is 6.61. The first kappa shape index (κ1) is 15.7. The Morgan fingerprint density at radius 3 is 1.95 bits per heavy atom. The summed E-state index contributed by atoms with van der Waals surface area (Å²) < 4.78 is 4.75. The van der Waals surface area contributed by atoms with Crippen molar-refractivity contribution in [1.82, 2.24) is 0 Å². The summed E-state index contributed by atoms with van der Waals surface area (Å²) >= 11 is 0. The Bertz CT molecular complexity index is 431. The van der Waals surface area contributed by atoms with Crippen molar-refractivity contribution in [2.75, 3.05) is 13.7 Å². The Kier molecular flexibility index (Phi) is 4.75. The van der Waals surface area contributed by atoms with Crippen molar-refractivity contribution < 1.29 is 9.53 Å². The lowest BCUT2D eigenvalue weighted by molar-refractivity contribution is -0.141. The summed E-state index contributed by atoms with van der Waals surface area (Å²) in [6.45, 7) is 8.95. The molecule has 0 heterocycles. The predicted molar refractivity (Wildman–Crippen MR) is 78.2 cm³/mol. The topological polar surface area (TPSA) is 52.3 Å². The van der Waals surface area contributed by atoms with Gasteiger partial charge in [-0.05, 0) is 16.5 Å². The summed E-state index contributed by atoms with van der Waals surface area (Å²) in [5.41, 5.74) is 7.96. The van der Waals surface area contributed by atoms with Gasteiger partial charge < -0.3 is 10.5 Å². The zero-order valence-electron chi connectivity index (χ0n) is 12.6. The van der Waals surface area contributed by atoms with E-state index in [1.54, 1.807) is 0 Å². The molecular weight excluding hydrogens is 238 g/mol. The van der Waals surface area contributed by atoms with Gasteiger partial charge >= 0.3 is 5.97 Å². The van der Waals surface area contributed by atoms with Crippen molar-refractivity contribution in [3.05, 3.63) is 35.4 Å². The molecule has 3 heteroatoms. The fourth-order valence-electron chi connectivity index (χ4n) is 2.06. The van der Waals surface area contributed by atoms with Gasteiger partial charge in [0.2, 0.25) is 0 Å². The molecule has 0 amide bonds. The van der Waals surface area contributed by atoms with Gasteiger partial charge in [0.25, 0.3) is 0 Å². The molecule has 19 heavy (non-hydrogen) atoms. The zero-order valence-corrected chi connectivity index (χ0v) is 12.6. The molecule has 0 aliphatic carbocycles. The van der Waals surface area contributed by atoms with E-state index >= 15 is 0 Å². The zero-order chi connectivity index (χ0) is 14.7. The number of hydrogen-bond donors (Lipinski definition) is 1. The Morgan fingerprint density at radius 1 is 1.11 bits per heavy atom. The van der Waals surface area contributed by atoms with Gasteiger partial charge in [-0.15, -0.1) is 0 Å². The molecule has 0 saturated heterocycles. The highest BCUT2D eigenvalue weighted by Crippen LogP contribution is 2.29. The fraction of sp³-hybridized carbons (Fsp3) is 0.562. The number of carbonyl (C=O) groups is 1. The number of hydrogen-bond acceptors (Lipinski definition) is 3. The average molecular weight is 263 g/mol. The second-order valence-electron chi connectivity index (χ2n) is 6.35. The maximum atomic E-state index is 11.5. The van der Waals surface area contributed by atoms with Crippen molar-refractivity contribution >= 4 is 5.97 Å². The Morgan fingerprint density at radius 2 is 1.58 bits per heavy atom. The van der Waals surface area contributed by atoms with Crippen LogP contribution >= 0.6 is 0 Å². The van der Waals surface area contributed by atoms with E-state index in [9.17, 15) is 4.79 Å². The fourth-order valence-corrected chi connectivity index (χ4v) is 2.06. The standard InChI is InChI=1S/C16H25NO2/c1-15(2,3)12-6-8-13(9-7-12)16(4,11-17)10-14(18)19-5/h6-9H,10-11,17H2,1-5H3. The number of nitrogens with two attached hydrogens (primary N) is 1. The SMILES string of the molecule is COC(=O)CC(C)(CN)c1ccc(C(C)(C)C)cc1. The van der Waals surface area contributed by atoms with Crippen molar-refractivity contribution in [1.29, 1.82) is 0 Å². The van der Waals surface area contributed by atoms with Gasteiger partial charge in [-0.25, -0.2) is 0 Å². The third kappa shape index (κ3) is 3.80. The first-order chi connectivity index (χ1) is 8.73. The number of benzene rings is 1. The van der Waals surface area contributed by atoms with E-state index < -0.39 is 0 Å². The Balaban J connectivity index is 3.03. The predicted octanol–water partition coefficient (Wildman–Crippen LogP) is 2.76. The highest BCUT2D eigenvalue weighted by molar-refractivity contribution is 5.71. The minimum Gasteiger partial charge on any atom is -0.469 e. The van der Waals surface area contributed by atoms with E-state index in [0.29, 0.717) is 13.0 Å². The molecule has 1 rings (SSSR count). The summed E-state index contributed by atoms with van der Waals surface area (Å²) in [5, 5.41) is 0. The van der Waals surface area contributed by atoms with Crippen LogP contribution < -0.4 is 5.73 Å². The van der Waals surface area contributed by atoms with Gasteiger partial charge in [0.05, 0.1) is 13.5 Å². The van der Waals surface area contributed by atoms with E-state index in [1.165, 1.54) is 12.7 Å². The van der Waals surface area contributed by atoms with Crippen LogP contribution in [0.2, 0.25) is 0 Å². The van der Waals surface area contributed by atoms with Gasteiger partial charge in [-0.3, -0.25) is 4.79 Å². The maximum absolute atomic E-state index is 11.5. The highest BCUT2D eigenvalue weighted by atomic mass is 16.5. The summed E-state index contributed by atoms with van der Waals surface area (Å²) in [6.07, 6.45) is 0.300. The van der Waals surface area contributed by atoms with Crippen LogP contribution in [0.3, 0.4) is 0 Å². The molecule has 1 aromatic rings. The second-order valence-corrected chi connectivity index (χ2v) is 6.35. The molecule has 0 fully saturated rings. The minimum atomic E-state index is -0.372. The normalized spacial score (nSPS) is 14.8. The van der Waals surface area contributed by atoms with Crippen LogP contribution in [-0.4, -0.2) is 19.6 Å². The molecule has 1 aromatic carbocycles. The molecule has 0 aliphatic heterocycles. The first-order valence-corrected chi connectivity index (χ1v) is 6.61. The summed E-state index contributed by atoms with van der Waals surface area (Å²) in [6, 6.07) is 8.35. The largest absolute Gasteiger partial charge is 0.469 e. The molecular formula is C16H25NO2. The summed E-state index contributed by atoms with van der Waals surface area (Å²) in [7, 11) is 1.40. The monoisotopic (exact) mass is 263 g/mol. The Hall–Kier alpha value is -1.35. The van der Waals surface area contributed by atoms with Crippen molar-refractivity contribution in [2.45, 2.75) is 44.9 Å². The average Bonchev–Trinajstić information content (AvgIpc) is 2.37. The number of methoxy groups -OCH3 is 1. The van der Waals surface area contributed by atoms with E-state index in [1.807, 2.05) is 6.92 Å². The van der Waals surface area contributed by atoms with Crippen LogP contribution in [0.1, 0.15) is 45.2 Å². The van der Waals surface area contributed by atoms with Crippen LogP contribution in [-0.2, 0) is 20.4 Å². The molecule has 3 nitrogen and oxygen atoms in total. The van der Waals surface area contributed by atoms with Gasteiger partial charge in [-0.1, -0.05) is 52.0 Å². The molecule has 106 valence electrons. The van der Waals surface area contributed by atoms with E-state index in [0.717, 1.165) is 5.56 Å². The number of esters is 1. The second kappa shape index (κ2) is 5.74. The van der Waals surface area contributed by atoms with Crippen LogP contribution in [0.25, 0.3) is 0 Å². The molecule has 0 bridgehead atoms. The molecule has 0 saturated carbocycles. The lowest BCUT2D eigenvalue weighted by atomic mass is 9.78. The minimum absolute atomic E-state index is 0.125. The van der Waals surface area contributed by atoms with Gasteiger partial charge in [0.1, 0.15) is 0 Å². The van der Waals surface area contributed by atoms with E-state index in [-0.39, 0.29) is 16.8 Å². The summed E-state index contributed by atoms with van der Waals surface area (Å²) in [4.78, 5) is 11.5. The van der Waals surface area contributed by atoms with Crippen molar-refractivity contribution in [3.63, 3.8) is 0 Å². The molecule has 1 atom stereocenters. The van der Waals surface area contributed by atoms with Crippen molar-refractivity contribution in [2.24, 2.45) is 5.73 Å². The molecule has 0 spiro atoms. The van der Waals surface area contributed by atoms with Crippen molar-refractivity contribution in [3.8, 4) is 0 Å².